The lowest BCUT2D eigenvalue weighted by molar-refractivity contribution is 0.415. The van der Waals surface area contributed by atoms with Gasteiger partial charge >= 0.3 is 0 Å². The fraction of sp³-hybridized carbons (Fsp3) is 0.250. The minimum absolute atomic E-state index is 0.0221. The van der Waals surface area contributed by atoms with E-state index in [9.17, 15) is 0 Å². The number of ether oxygens (including phenoxy) is 1. The Bertz CT molecular complexity index is 599. The van der Waals surface area contributed by atoms with Crippen LogP contribution in [0.2, 0.25) is 0 Å². The second-order valence-corrected chi connectivity index (χ2v) is 5.67. The second kappa shape index (κ2) is 6.29. The summed E-state index contributed by atoms with van der Waals surface area (Å²) in [6.45, 7) is 1.99. The van der Waals surface area contributed by atoms with E-state index in [1.54, 1.807) is 7.11 Å². The zero-order chi connectivity index (χ0) is 14.7. The van der Waals surface area contributed by atoms with Gasteiger partial charge in [-0.1, -0.05) is 28.1 Å². The molecule has 0 aromatic heterocycles. The molecule has 2 aromatic carbocycles. The van der Waals surface area contributed by atoms with Gasteiger partial charge in [0.2, 0.25) is 0 Å². The molecule has 0 saturated heterocycles. The SMILES string of the molecule is COc1cccc(N(C)c2cc(Br)ccc2C(C)N)c1. The van der Waals surface area contributed by atoms with Crippen LogP contribution in [0.15, 0.2) is 46.9 Å². The molecule has 0 radical (unpaired) electrons. The zero-order valence-electron chi connectivity index (χ0n) is 11.9. The Morgan fingerprint density at radius 3 is 2.60 bits per heavy atom. The van der Waals surface area contributed by atoms with Gasteiger partial charge in [-0.25, -0.2) is 0 Å². The van der Waals surface area contributed by atoms with Gasteiger partial charge in [-0.3, -0.25) is 0 Å². The number of halogens is 1. The predicted octanol–water partition coefficient (Wildman–Crippen LogP) is 4.25. The molecule has 1 unspecified atom stereocenters. The van der Waals surface area contributed by atoms with E-state index in [-0.39, 0.29) is 6.04 Å². The van der Waals surface area contributed by atoms with Crippen molar-refractivity contribution >= 4 is 27.3 Å². The molecular formula is C16H19BrN2O. The average Bonchev–Trinajstić information content (AvgIpc) is 2.46. The van der Waals surface area contributed by atoms with E-state index in [0.29, 0.717) is 0 Å². The van der Waals surface area contributed by atoms with Crippen LogP contribution in [0.4, 0.5) is 11.4 Å². The van der Waals surface area contributed by atoms with Crippen LogP contribution < -0.4 is 15.4 Å². The number of hydrogen-bond donors (Lipinski definition) is 1. The van der Waals surface area contributed by atoms with Crippen molar-refractivity contribution in [2.45, 2.75) is 13.0 Å². The number of hydrogen-bond acceptors (Lipinski definition) is 3. The summed E-state index contributed by atoms with van der Waals surface area (Å²) >= 11 is 3.52. The van der Waals surface area contributed by atoms with E-state index in [2.05, 4.69) is 33.0 Å². The minimum Gasteiger partial charge on any atom is -0.497 e. The predicted molar refractivity (Wildman–Crippen MR) is 87.8 cm³/mol. The van der Waals surface area contributed by atoms with Crippen LogP contribution in [0, 0.1) is 0 Å². The van der Waals surface area contributed by atoms with E-state index in [1.807, 2.05) is 44.3 Å². The molecule has 20 heavy (non-hydrogen) atoms. The standard InChI is InChI=1S/C16H19BrN2O/c1-11(18)15-8-7-12(17)9-16(15)19(2)13-5-4-6-14(10-13)20-3/h4-11H,18H2,1-3H3. The second-order valence-electron chi connectivity index (χ2n) is 4.75. The molecule has 4 heteroatoms. The number of methoxy groups -OCH3 is 1. The third-order valence-electron chi connectivity index (χ3n) is 3.29. The monoisotopic (exact) mass is 334 g/mol. The van der Waals surface area contributed by atoms with Crippen LogP contribution in [0.25, 0.3) is 0 Å². The van der Waals surface area contributed by atoms with E-state index in [4.69, 9.17) is 10.5 Å². The number of benzene rings is 2. The van der Waals surface area contributed by atoms with Crippen LogP contribution in [-0.2, 0) is 0 Å². The van der Waals surface area contributed by atoms with Gasteiger partial charge in [0, 0.05) is 35.0 Å². The summed E-state index contributed by atoms with van der Waals surface area (Å²) < 4.78 is 6.32. The van der Waals surface area contributed by atoms with Crippen molar-refractivity contribution < 1.29 is 4.74 Å². The van der Waals surface area contributed by atoms with Crippen LogP contribution in [-0.4, -0.2) is 14.2 Å². The summed E-state index contributed by atoms with van der Waals surface area (Å²) in [6, 6.07) is 14.1. The first-order valence-corrected chi connectivity index (χ1v) is 7.25. The number of nitrogens with two attached hydrogens (primary N) is 1. The molecule has 106 valence electrons. The van der Waals surface area contributed by atoms with Crippen LogP contribution in [0.5, 0.6) is 5.75 Å². The molecule has 0 bridgehead atoms. The van der Waals surface area contributed by atoms with Gasteiger partial charge in [-0.15, -0.1) is 0 Å². The van der Waals surface area contributed by atoms with Crippen molar-refractivity contribution in [1.82, 2.24) is 0 Å². The molecular weight excluding hydrogens is 316 g/mol. The van der Waals surface area contributed by atoms with Gasteiger partial charge in [-0.2, -0.15) is 0 Å². The molecule has 0 fully saturated rings. The van der Waals surface area contributed by atoms with E-state index in [1.165, 1.54) is 0 Å². The smallest absolute Gasteiger partial charge is 0.120 e. The van der Waals surface area contributed by atoms with E-state index in [0.717, 1.165) is 27.2 Å². The maximum Gasteiger partial charge on any atom is 0.120 e. The highest BCUT2D eigenvalue weighted by molar-refractivity contribution is 9.10. The molecule has 0 heterocycles. The minimum atomic E-state index is -0.0221. The summed E-state index contributed by atoms with van der Waals surface area (Å²) in [5.74, 6) is 0.840. The molecule has 0 aliphatic heterocycles. The lowest BCUT2D eigenvalue weighted by atomic mass is 10.1. The average molecular weight is 335 g/mol. The normalized spacial score (nSPS) is 12.1. The van der Waals surface area contributed by atoms with Crippen LogP contribution >= 0.6 is 15.9 Å². The molecule has 0 aliphatic carbocycles. The van der Waals surface area contributed by atoms with Crippen LogP contribution in [0.1, 0.15) is 18.5 Å². The summed E-state index contributed by atoms with van der Waals surface area (Å²) in [4.78, 5) is 2.12. The van der Waals surface area contributed by atoms with Gasteiger partial charge in [0.1, 0.15) is 5.75 Å². The number of nitrogens with zero attached hydrogens (tertiary/aromatic N) is 1. The van der Waals surface area contributed by atoms with Gasteiger partial charge in [0.25, 0.3) is 0 Å². The highest BCUT2D eigenvalue weighted by Gasteiger charge is 2.13. The first-order chi connectivity index (χ1) is 9.52. The van der Waals surface area contributed by atoms with E-state index >= 15 is 0 Å². The van der Waals surface area contributed by atoms with Crippen LogP contribution in [0.3, 0.4) is 0 Å². The Kier molecular flexibility index (Phi) is 4.68. The highest BCUT2D eigenvalue weighted by atomic mass is 79.9. The quantitative estimate of drug-likeness (QED) is 0.908. The Morgan fingerprint density at radius 2 is 1.95 bits per heavy atom. The summed E-state index contributed by atoms with van der Waals surface area (Å²) in [5, 5.41) is 0. The molecule has 2 N–H and O–H groups in total. The third-order valence-corrected chi connectivity index (χ3v) is 3.78. The third kappa shape index (κ3) is 3.14. The van der Waals surface area contributed by atoms with Gasteiger partial charge in [0.15, 0.2) is 0 Å². The molecule has 2 rings (SSSR count). The first kappa shape index (κ1) is 14.9. The molecule has 2 aromatic rings. The van der Waals surface area contributed by atoms with Crippen molar-refractivity contribution in [3.63, 3.8) is 0 Å². The molecule has 0 amide bonds. The fourth-order valence-corrected chi connectivity index (χ4v) is 2.50. The van der Waals surface area contributed by atoms with Crippen molar-refractivity contribution in [2.75, 3.05) is 19.1 Å². The zero-order valence-corrected chi connectivity index (χ0v) is 13.5. The maximum atomic E-state index is 6.07. The highest BCUT2D eigenvalue weighted by Crippen LogP contribution is 2.33. The van der Waals surface area contributed by atoms with Crippen molar-refractivity contribution in [2.24, 2.45) is 5.73 Å². The van der Waals surface area contributed by atoms with Gasteiger partial charge < -0.3 is 15.4 Å². The molecule has 0 aliphatic rings. The largest absolute Gasteiger partial charge is 0.497 e. The number of anilines is 2. The number of rotatable bonds is 4. The first-order valence-electron chi connectivity index (χ1n) is 6.45. The topological polar surface area (TPSA) is 38.5 Å². The van der Waals surface area contributed by atoms with Gasteiger partial charge in [0.05, 0.1) is 7.11 Å². The fourth-order valence-electron chi connectivity index (χ4n) is 2.15. The Hall–Kier alpha value is -1.52. The van der Waals surface area contributed by atoms with Gasteiger partial charge in [-0.05, 0) is 36.8 Å². The lowest BCUT2D eigenvalue weighted by Crippen LogP contribution is -2.15. The summed E-state index contributed by atoms with van der Waals surface area (Å²) in [7, 11) is 3.70. The Balaban J connectivity index is 2.46. The maximum absolute atomic E-state index is 6.07. The Morgan fingerprint density at radius 1 is 1.20 bits per heavy atom. The van der Waals surface area contributed by atoms with Crippen molar-refractivity contribution in [3.8, 4) is 5.75 Å². The molecule has 3 nitrogen and oxygen atoms in total. The van der Waals surface area contributed by atoms with E-state index < -0.39 is 0 Å². The van der Waals surface area contributed by atoms with Crippen molar-refractivity contribution in [1.29, 1.82) is 0 Å². The molecule has 0 saturated carbocycles. The molecule has 1 atom stereocenters. The van der Waals surface area contributed by atoms with Crippen molar-refractivity contribution in [3.05, 3.63) is 52.5 Å². The summed E-state index contributed by atoms with van der Waals surface area (Å²) in [5.41, 5.74) is 9.32. The molecule has 0 spiro atoms. The summed E-state index contributed by atoms with van der Waals surface area (Å²) in [6.07, 6.45) is 0. The lowest BCUT2D eigenvalue weighted by Gasteiger charge is -2.24. The Labute approximate surface area is 128 Å².